The fraction of sp³-hybridized carbons (Fsp3) is 0.533. The molecule has 9 aromatic rings. The number of nitrogen functional groups attached to an aromatic ring is 1. The van der Waals surface area contributed by atoms with Gasteiger partial charge in [0.2, 0.25) is 0 Å². The number of halogens is 1. The lowest BCUT2D eigenvalue weighted by Crippen LogP contribution is -2.47. The molecule has 812 valence electrons. The minimum Gasteiger partial charge on any atom is -0.399 e. The SMILES string of the molecule is CC(C)CN(C(=O)c1ccc(CN)cc1)C(C)C.CC(C)CN(C(=O)c1ccc(N(C)C)cc1)C(C)(C)C.CC(C)CN(C(=O)c1ccc(N)cc1)C(C)C.CC(C)CN(C(=O)c1ccc2ncccc2c1)C(C)C.CC(C)CN(C(=O)c1cccc(CN)c1)C(C)C.CC(C)CN(C(=O)c1cccc(N(C)C)c1)C(C)C.CC(C)N(CC(C)(C)C)C(=O)c1ccccn1.CC(C)N(CC(C)(C)C)C(=O)c1cncc(Br)c1. The van der Waals surface area contributed by atoms with Gasteiger partial charge in [0.05, 0.1) is 11.1 Å². The quantitative estimate of drug-likeness (QED) is 0.0322. The molecule has 0 aliphatic rings. The third-order valence-electron chi connectivity index (χ3n) is 22.8. The highest BCUT2D eigenvalue weighted by atomic mass is 79.9. The Hall–Kier alpha value is -11.4. The first-order chi connectivity index (χ1) is 68.3. The second-order valence-corrected chi connectivity index (χ2v) is 47.1. The monoisotopic (exact) mass is 2090 g/mol. The number of amides is 8. The van der Waals surface area contributed by atoms with Crippen LogP contribution in [0.3, 0.4) is 0 Å². The summed E-state index contributed by atoms with van der Waals surface area (Å²) in [5.74, 6) is 3.44. The average molecular weight is 2090 g/mol. The summed E-state index contributed by atoms with van der Waals surface area (Å²) in [5, 5.41) is 1.01. The lowest BCUT2D eigenvalue weighted by Gasteiger charge is -2.37. The van der Waals surface area contributed by atoms with Crippen LogP contribution >= 0.6 is 15.9 Å². The van der Waals surface area contributed by atoms with E-state index in [0.29, 0.717) is 71.1 Å². The zero-order chi connectivity index (χ0) is 112. The lowest BCUT2D eigenvalue weighted by molar-refractivity contribution is 0.0545. The molecule has 0 atom stereocenters. The van der Waals surface area contributed by atoms with Crippen molar-refractivity contribution in [3.05, 3.63) is 261 Å². The first-order valence-electron chi connectivity index (χ1n) is 52.6. The van der Waals surface area contributed by atoms with Crippen molar-refractivity contribution in [1.29, 1.82) is 0 Å². The Bertz CT molecular complexity index is 5400. The number of hydrogen-bond acceptors (Lipinski definition) is 16. The van der Waals surface area contributed by atoms with Gasteiger partial charge in [-0.3, -0.25) is 53.3 Å². The predicted octanol–water partition coefficient (Wildman–Crippen LogP) is 25.4. The molecule has 0 aliphatic heterocycles. The number of pyridine rings is 3. The van der Waals surface area contributed by atoms with E-state index in [0.717, 1.165) is 118 Å². The van der Waals surface area contributed by atoms with Gasteiger partial charge in [-0.1, -0.05) is 167 Å². The molecular weight excluding hydrogens is 1900 g/mol. The van der Waals surface area contributed by atoms with Gasteiger partial charge in [-0.25, -0.2) is 0 Å². The van der Waals surface area contributed by atoms with Crippen molar-refractivity contribution >= 4 is 91.2 Å². The van der Waals surface area contributed by atoms with E-state index in [1.54, 1.807) is 55.1 Å². The van der Waals surface area contributed by atoms with E-state index in [2.05, 4.69) is 218 Å². The van der Waals surface area contributed by atoms with E-state index in [-0.39, 0.29) is 106 Å². The zero-order valence-corrected chi connectivity index (χ0v) is 98.9. The van der Waals surface area contributed by atoms with Gasteiger partial charge in [0.25, 0.3) is 47.3 Å². The highest BCUT2D eigenvalue weighted by Crippen LogP contribution is 2.28. The van der Waals surface area contributed by atoms with Crippen molar-refractivity contribution in [1.82, 2.24) is 54.2 Å². The van der Waals surface area contributed by atoms with Crippen LogP contribution in [0.5, 0.6) is 0 Å². The molecule has 25 heteroatoms. The van der Waals surface area contributed by atoms with Crippen LogP contribution in [-0.4, -0.2) is 230 Å². The Labute approximate surface area is 896 Å². The van der Waals surface area contributed by atoms with E-state index >= 15 is 0 Å². The number of anilines is 3. The van der Waals surface area contributed by atoms with Gasteiger partial charge in [0.1, 0.15) is 5.69 Å². The summed E-state index contributed by atoms with van der Waals surface area (Å²) in [4.78, 5) is 132. The third kappa shape index (κ3) is 48.6. The summed E-state index contributed by atoms with van der Waals surface area (Å²) < 4.78 is 0.827. The molecule has 3 aromatic heterocycles. The van der Waals surface area contributed by atoms with Crippen LogP contribution < -0.4 is 27.0 Å². The maximum atomic E-state index is 12.7. The average Bonchev–Trinajstić information content (AvgIpc) is 0.818. The Morgan fingerprint density at radius 3 is 1.01 bits per heavy atom. The standard InChI is InChI=1S/C17H22N2O.C17H28N2O.C16H26N2O.2C15H24N2O.C14H21BrN2O.2C14H22N2O/c1-12(2)11-19(13(3)4)17(20)15-7-8-16-14(10-15)6-5-9-18-16;1-13(2)12-19(17(3,4)5)16(20)14-8-10-15(11-9-14)18(6)7;1-12(2)11-18(13(3)4)16(19)14-8-7-9-15(10-14)17(5)6;1-11(2)10-17(12(3)4)15(18)14-7-5-13(9-16)6-8-14;1-11(2)10-17(12(3)4)15(18)14-7-5-6-13(8-14)9-16;1-10(2)17(9-14(3,4)5)13(18)11-6-12(15)8-16-7-11;1-11(2)16(10-14(3,4)5)13(17)12-8-6-7-9-15-12;1-10(2)9-16(11(3)4)14(17)12-5-7-13(15)8-6-12/h5-10,12-13H,11H2,1-4H3;8-11,13H,12H2,1-7H3;7-10,12-13H,11H2,1-6H3;2*5-8,11-12H,9-10,16H2,1-4H3;6-8,10H,9H2,1-5H3;6-9,11H,10H2,1-5H3;5-8,10-11H,9,15H2,1-4H3. The van der Waals surface area contributed by atoms with Gasteiger partial charge in [0, 0.05) is 227 Å². The number of nitrogens with two attached hydrogens (primary N) is 3. The summed E-state index contributed by atoms with van der Waals surface area (Å²) in [5.41, 5.74) is 28.2. The Balaban J connectivity index is 0.000000568. The van der Waals surface area contributed by atoms with Gasteiger partial charge < -0.3 is 66.2 Å². The minimum atomic E-state index is -0.165. The largest absolute Gasteiger partial charge is 0.399 e. The predicted molar refractivity (Wildman–Crippen MR) is 621 cm³/mol. The van der Waals surface area contributed by atoms with E-state index < -0.39 is 0 Å². The van der Waals surface area contributed by atoms with Crippen LogP contribution in [0.4, 0.5) is 17.1 Å². The number of carbonyl (C=O) groups is 8. The van der Waals surface area contributed by atoms with Gasteiger partial charge in [-0.2, -0.15) is 0 Å². The Kier molecular flexibility index (Phi) is 57.4. The molecule has 24 nitrogen and oxygen atoms in total. The van der Waals surface area contributed by atoms with Gasteiger partial charge in [-0.15, -0.1) is 0 Å². The molecule has 0 bridgehead atoms. The van der Waals surface area contributed by atoms with E-state index in [9.17, 15) is 38.4 Å². The van der Waals surface area contributed by atoms with Crippen molar-refractivity contribution in [3.8, 4) is 0 Å². The molecule has 6 aromatic carbocycles. The Morgan fingerprint density at radius 2 is 0.653 bits per heavy atom. The number of carbonyl (C=O) groups excluding carboxylic acids is 8. The number of benzene rings is 6. The van der Waals surface area contributed by atoms with Crippen LogP contribution in [0.2, 0.25) is 0 Å². The van der Waals surface area contributed by atoms with Crippen molar-refractivity contribution in [2.45, 2.75) is 303 Å². The van der Waals surface area contributed by atoms with Crippen molar-refractivity contribution in [2.75, 3.05) is 96.1 Å². The second kappa shape index (κ2) is 64.1. The molecule has 0 spiro atoms. The number of fused-ring (bicyclic) bond motifs is 1. The number of hydrogen-bond donors (Lipinski definition) is 3. The lowest BCUT2D eigenvalue weighted by atomic mass is 9.95. The van der Waals surface area contributed by atoms with Gasteiger partial charge in [0.15, 0.2) is 0 Å². The molecule has 0 saturated carbocycles. The number of rotatable bonds is 33. The van der Waals surface area contributed by atoms with Gasteiger partial charge in [-0.05, 0) is 325 Å². The van der Waals surface area contributed by atoms with Crippen LogP contribution in [0.1, 0.15) is 336 Å². The maximum Gasteiger partial charge on any atom is 0.272 e. The molecule has 0 saturated heterocycles. The minimum absolute atomic E-state index is 0.00975. The van der Waals surface area contributed by atoms with Crippen molar-refractivity contribution in [2.24, 2.45) is 57.8 Å². The van der Waals surface area contributed by atoms with Crippen molar-refractivity contribution < 1.29 is 38.4 Å². The van der Waals surface area contributed by atoms with Gasteiger partial charge >= 0.3 is 0 Å². The van der Waals surface area contributed by atoms with Crippen LogP contribution in [0.15, 0.2) is 205 Å². The summed E-state index contributed by atoms with van der Waals surface area (Å²) in [6, 6.07) is 56.1. The second-order valence-electron chi connectivity index (χ2n) is 46.2. The zero-order valence-electron chi connectivity index (χ0n) is 97.3. The highest BCUT2D eigenvalue weighted by molar-refractivity contribution is 9.10. The molecule has 0 radical (unpaired) electrons. The fourth-order valence-corrected chi connectivity index (χ4v) is 15.6. The molecule has 3 heterocycles. The third-order valence-corrected chi connectivity index (χ3v) is 23.3. The number of nitrogens with zero attached hydrogens (tertiary/aromatic N) is 13. The van der Waals surface area contributed by atoms with Crippen LogP contribution in [0, 0.1) is 46.3 Å². The van der Waals surface area contributed by atoms with Crippen LogP contribution in [0.25, 0.3) is 10.9 Å². The maximum absolute atomic E-state index is 12.7. The molecule has 0 aliphatic carbocycles. The van der Waals surface area contributed by atoms with E-state index in [1.165, 1.54) is 0 Å². The topological polar surface area (TPSA) is 286 Å². The number of aromatic nitrogens is 3. The molecule has 6 N–H and O–H groups in total. The summed E-state index contributed by atoms with van der Waals surface area (Å²) >= 11 is 3.34. The summed E-state index contributed by atoms with van der Waals surface area (Å²) in [6.45, 7) is 80.4. The summed E-state index contributed by atoms with van der Waals surface area (Å²) in [6.07, 6.45) is 6.72. The first kappa shape index (κ1) is 132. The fourth-order valence-electron chi connectivity index (χ4n) is 15.2. The summed E-state index contributed by atoms with van der Waals surface area (Å²) in [7, 11) is 7.96. The van der Waals surface area contributed by atoms with E-state index in [1.807, 2.05) is 278 Å². The normalized spacial score (nSPS) is 11.3. The molecule has 9 rings (SSSR count). The first-order valence-corrected chi connectivity index (χ1v) is 53.4. The molecular formula is C122H189BrN16O8. The molecule has 8 amide bonds. The smallest absolute Gasteiger partial charge is 0.272 e. The van der Waals surface area contributed by atoms with Crippen LogP contribution in [-0.2, 0) is 13.1 Å². The molecule has 0 unspecified atom stereocenters. The Morgan fingerprint density at radius 1 is 0.306 bits per heavy atom. The van der Waals surface area contributed by atoms with Crippen molar-refractivity contribution in [3.63, 3.8) is 0 Å². The molecule has 0 fully saturated rings. The molecule has 147 heavy (non-hydrogen) atoms. The van der Waals surface area contributed by atoms with E-state index in [4.69, 9.17) is 17.2 Å². The highest BCUT2D eigenvalue weighted by Gasteiger charge is 2.32.